The fraction of sp³-hybridized carbons (Fsp3) is 0.148. The highest BCUT2D eigenvalue weighted by Gasteiger charge is 2.19. The molecule has 2 aromatic heterocycles. The van der Waals surface area contributed by atoms with Gasteiger partial charge in [-0.05, 0) is 57.8 Å². The molecule has 0 spiro atoms. The lowest BCUT2D eigenvalue weighted by Crippen LogP contribution is -2.05. The van der Waals surface area contributed by atoms with Gasteiger partial charge in [-0.3, -0.25) is 4.79 Å². The summed E-state index contributed by atoms with van der Waals surface area (Å²) >= 11 is 7.92. The van der Waals surface area contributed by atoms with Gasteiger partial charge in [0.1, 0.15) is 12.4 Å². The number of carboxylic acids is 1. The van der Waals surface area contributed by atoms with Gasteiger partial charge in [0.2, 0.25) is 0 Å². The average Bonchev–Trinajstić information content (AvgIpc) is 3.32. The van der Waals surface area contributed by atoms with Crippen molar-refractivity contribution in [2.75, 3.05) is 0 Å². The first-order chi connectivity index (χ1) is 16.0. The molecule has 4 nitrogen and oxygen atoms in total. The lowest BCUT2D eigenvalue weighted by molar-refractivity contribution is -0.136. The lowest BCUT2D eigenvalue weighted by Gasteiger charge is -2.08. The van der Waals surface area contributed by atoms with Crippen LogP contribution in [-0.4, -0.2) is 15.6 Å². The highest BCUT2D eigenvalue weighted by atomic mass is 35.5. The van der Waals surface area contributed by atoms with Crippen molar-refractivity contribution >= 4 is 49.9 Å². The first kappa shape index (κ1) is 21.6. The summed E-state index contributed by atoms with van der Waals surface area (Å²) in [5.41, 5.74) is 5.04. The van der Waals surface area contributed by atoms with Crippen molar-refractivity contribution in [2.24, 2.45) is 7.05 Å². The van der Waals surface area contributed by atoms with E-state index in [1.165, 1.54) is 4.70 Å². The molecule has 5 rings (SSSR count). The van der Waals surface area contributed by atoms with E-state index in [9.17, 15) is 9.90 Å². The summed E-state index contributed by atoms with van der Waals surface area (Å²) in [6.45, 7) is 0.479. The number of ether oxygens (including phenoxy) is 1. The number of hydrogen-bond donors (Lipinski definition) is 1. The molecule has 0 unspecified atom stereocenters. The number of nitrogens with zero attached hydrogens (tertiary/aromatic N) is 1. The molecule has 166 valence electrons. The number of thiophene rings is 1. The van der Waals surface area contributed by atoms with Crippen LogP contribution in [0.15, 0.2) is 72.1 Å². The molecule has 0 fully saturated rings. The highest BCUT2D eigenvalue weighted by molar-refractivity contribution is 7.17. The van der Waals surface area contributed by atoms with Gasteiger partial charge in [0.15, 0.2) is 0 Å². The first-order valence-electron chi connectivity index (χ1n) is 10.6. The van der Waals surface area contributed by atoms with Crippen LogP contribution in [0.4, 0.5) is 0 Å². The molecule has 0 amide bonds. The Labute approximate surface area is 200 Å². The minimum Gasteiger partial charge on any atom is -0.489 e. The Morgan fingerprint density at radius 3 is 2.67 bits per heavy atom. The van der Waals surface area contributed by atoms with Gasteiger partial charge < -0.3 is 14.4 Å². The highest BCUT2D eigenvalue weighted by Crippen LogP contribution is 2.34. The summed E-state index contributed by atoms with van der Waals surface area (Å²) in [7, 11) is 1.99. The molecule has 5 aromatic rings. The van der Waals surface area contributed by atoms with Crippen LogP contribution in [0.2, 0.25) is 5.02 Å². The van der Waals surface area contributed by atoms with E-state index in [2.05, 4.69) is 9.95 Å². The van der Waals surface area contributed by atoms with Crippen LogP contribution in [0, 0.1) is 0 Å². The van der Waals surface area contributed by atoms with E-state index < -0.39 is 5.97 Å². The molecule has 0 atom stereocenters. The van der Waals surface area contributed by atoms with E-state index in [4.69, 9.17) is 16.3 Å². The normalized spacial score (nSPS) is 11.3. The van der Waals surface area contributed by atoms with Gasteiger partial charge in [-0.2, -0.15) is 0 Å². The molecule has 33 heavy (non-hydrogen) atoms. The fourth-order valence-corrected chi connectivity index (χ4v) is 5.44. The second-order valence-corrected chi connectivity index (χ2v) is 9.43. The molecule has 0 aliphatic rings. The fourth-order valence-electron chi connectivity index (χ4n) is 4.32. The molecular formula is C27H22ClNO3S. The number of carboxylic acid groups (broad SMARTS) is 1. The zero-order valence-corrected chi connectivity index (χ0v) is 19.6. The van der Waals surface area contributed by atoms with Crippen LogP contribution < -0.4 is 4.74 Å². The van der Waals surface area contributed by atoms with Crippen LogP contribution >= 0.6 is 22.9 Å². The topological polar surface area (TPSA) is 51.5 Å². The maximum Gasteiger partial charge on any atom is 0.307 e. The number of aromatic nitrogens is 1. The summed E-state index contributed by atoms with van der Waals surface area (Å²) in [4.78, 5) is 11.7. The molecular weight excluding hydrogens is 454 g/mol. The third kappa shape index (κ3) is 4.34. The monoisotopic (exact) mass is 475 g/mol. The van der Waals surface area contributed by atoms with E-state index in [1.807, 2.05) is 73.8 Å². The molecule has 0 bridgehead atoms. The van der Waals surface area contributed by atoms with Crippen molar-refractivity contribution < 1.29 is 14.6 Å². The van der Waals surface area contributed by atoms with Crippen LogP contribution in [0.5, 0.6) is 5.75 Å². The average molecular weight is 476 g/mol. The number of halogens is 1. The number of carbonyl (C=O) groups is 1. The van der Waals surface area contributed by atoms with Crippen molar-refractivity contribution in [3.05, 3.63) is 99.5 Å². The van der Waals surface area contributed by atoms with Crippen molar-refractivity contribution in [3.8, 4) is 5.75 Å². The summed E-state index contributed by atoms with van der Waals surface area (Å²) in [6.07, 6.45) is 0.605. The number of benzene rings is 3. The van der Waals surface area contributed by atoms with E-state index in [0.717, 1.165) is 44.4 Å². The third-order valence-corrected chi connectivity index (χ3v) is 7.21. The minimum atomic E-state index is -0.841. The Morgan fingerprint density at radius 1 is 1.06 bits per heavy atom. The van der Waals surface area contributed by atoms with Crippen molar-refractivity contribution in [1.29, 1.82) is 0 Å². The molecule has 1 N–H and O–H groups in total. The zero-order chi connectivity index (χ0) is 22.9. The minimum absolute atomic E-state index is 0.0281. The second kappa shape index (κ2) is 8.93. The van der Waals surface area contributed by atoms with Crippen molar-refractivity contribution in [2.45, 2.75) is 19.4 Å². The quantitative estimate of drug-likeness (QED) is 0.280. The van der Waals surface area contributed by atoms with Crippen LogP contribution in [0.1, 0.15) is 22.4 Å². The third-order valence-electron chi connectivity index (χ3n) is 5.96. The standard InChI is InChI=1S/C27H22ClNO3S/c1-29-24(11-18-16-33-26-10-7-19(28)12-22(18)26)23(14-27(30)31)21-9-8-20(13-25(21)29)32-15-17-5-3-2-4-6-17/h2-10,12-13,16H,11,14-15H2,1H3,(H,30,31). The van der Waals surface area contributed by atoms with Crippen LogP contribution in [0.25, 0.3) is 21.0 Å². The van der Waals surface area contributed by atoms with Crippen molar-refractivity contribution in [3.63, 3.8) is 0 Å². The number of aliphatic carboxylic acids is 1. The predicted molar refractivity (Wildman–Crippen MR) is 135 cm³/mol. The predicted octanol–water partition coefficient (Wildman–Crippen LogP) is 6.84. The second-order valence-electron chi connectivity index (χ2n) is 8.09. The molecule has 0 saturated heterocycles. The largest absolute Gasteiger partial charge is 0.489 e. The summed E-state index contributed by atoms with van der Waals surface area (Å²) < 4.78 is 9.28. The summed E-state index contributed by atoms with van der Waals surface area (Å²) in [6, 6.07) is 21.8. The first-order valence-corrected chi connectivity index (χ1v) is 11.9. The number of rotatable bonds is 7. The van der Waals surface area contributed by atoms with Crippen LogP contribution in [-0.2, 0) is 31.3 Å². The van der Waals surface area contributed by atoms with Gasteiger partial charge in [0.05, 0.1) is 11.9 Å². The Bertz CT molecular complexity index is 1470. The smallest absolute Gasteiger partial charge is 0.307 e. The molecule has 0 radical (unpaired) electrons. The Kier molecular flexibility index (Phi) is 5.83. The SMILES string of the molecule is Cn1c(Cc2csc3ccc(Cl)cc23)c(CC(=O)O)c2ccc(OCc3ccccc3)cc21. The molecule has 6 heteroatoms. The zero-order valence-electron chi connectivity index (χ0n) is 18.0. The molecule has 2 heterocycles. The summed E-state index contributed by atoms with van der Waals surface area (Å²) in [5, 5.41) is 14.5. The van der Waals surface area contributed by atoms with Crippen molar-refractivity contribution in [1.82, 2.24) is 4.57 Å². The maximum atomic E-state index is 11.7. The van der Waals surface area contributed by atoms with Gasteiger partial charge in [0.25, 0.3) is 0 Å². The maximum absolute atomic E-state index is 11.7. The molecule has 3 aromatic carbocycles. The molecule has 0 aliphatic heterocycles. The lowest BCUT2D eigenvalue weighted by atomic mass is 10.0. The van der Waals surface area contributed by atoms with E-state index in [0.29, 0.717) is 18.1 Å². The number of hydrogen-bond acceptors (Lipinski definition) is 3. The molecule has 0 saturated carbocycles. The van der Waals surface area contributed by atoms with Gasteiger partial charge in [0, 0.05) is 40.3 Å². The molecule has 0 aliphatic carbocycles. The van der Waals surface area contributed by atoms with E-state index >= 15 is 0 Å². The van der Waals surface area contributed by atoms with Gasteiger partial charge in [-0.15, -0.1) is 11.3 Å². The van der Waals surface area contributed by atoms with Gasteiger partial charge in [-0.25, -0.2) is 0 Å². The van der Waals surface area contributed by atoms with E-state index in [-0.39, 0.29) is 6.42 Å². The summed E-state index contributed by atoms with van der Waals surface area (Å²) in [5.74, 6) is -0.0838. The number of fused-ring (bicyclic) bond motifs is 2. The Hall–Kier alpha value is -3.28. The van der Waals surface area contributed by atoms with Crippen LogP contribution in [0.3, 0.4) is 0 Å². The van der Waals surface area contributed by atoms with Gasteiger partial charge >= 0.3 is 5.97 Å². The van der Waals surface area contributed by atoms with E-state index in [1.54, 1.807) is 11.3 Å². The Balaban J connectivity index is 1.54. The Morgan fingerprint density at radius 2 is 1.88 bits per heavy atom. The van der Waals surface area contributed by atoms with Gasteiger partial charge in [-0.1, -0.05) is 41.9 Å². The number of aryl methyl sites for hydroxylation is 1.